The summed E-state index contributed by atoms with van der Waals surface area (Å²) < 4.78 is 5.91. The van der Waals surface area contributed by atoms with E-state index in [2.05, 4.69) is 16.7 Å². The molecule has 2 aromatic heterocycles. The molecular formula is C26H34N4OS. The molecule has 0 N–H and O–H groups in total. The van der Waals surface area contributed by atoms with Gasteiger partial charge in [0.2, 0.25) is 0 Å². The number of thiophene rings is 1. The van der Waals surface area contributed by atoms with E-state index in [1.54, 1.807) is 10.4 Å². The Kier molecular flexibility index (Phi) is 6.89. The van der Waals surface area contributed by atoms with Crippen LogP contribution in [0.5, 0.6) is 5.75 Å². The zero-order valence-corrected chi connectivity index (χ0v) is 20.0. The van der Waals surface area contributed by atoms with Crippen molar-refractivity contribution < 1.29 is 4.74 Å². The number of rotatable bonds is 8. The highest BCUT2D eigenvalue weighted by Crippen LogP contribution is 2.40. The molecule has 1 aliphatic heterocycles. The first kappa shape index (κ1) is 21.7. The van der Waals surface area contributed by atoms with Crippen LogP contribution in [0.1, 0.15) is 48.9 Å². The van der Waals surface area contributed by atoms with Gasteiger partial charge in [0.25, 0.3) is 0 Å². The first-order chi connectivity index (χ1) is 15.8. The number of nitrogens with zero attached hydrogens (tertiary/aromatic N) is 4. The first-order valence-corrected chi connectivity index (χ1v) is 13.1. The number of ether oxygens (including phenoxy) is 1. The SMILES string of the molecule is CCCCc1nc(N2CCN(CCOc3ccccc3)CC2)c2c3c(sc2n1)CCCC3. The summed E-state index contributed by atoms with van der Waals surface area (Å²) in [4.78, 5) is 18.0. The van der Waals surface area contributed by atoms with Crippen molar-refractivity contribution in [2.24, 2.45) is 0 Å². The van der Waals surface area contributed by atoms with E-state index in [1.807, 2.05) is 41.7 Å². The topological polar surface area (TPSA) is 41.5 Å². The van der Waals surface area contributed by atoms with Crippen molar-refractivity contribution in [2.45, 2.75) is 51.9 Å². The lowest BCUT2D eigenvalue weighted by atomic mass is 9.97. The smallest absolute Gasteiger partial charge is 0.141 e. The molecule has 3 aromatic rings. The molecule has 5 nitrogen and oxygen atoms in total. The zero-order chi connectivity index (χ0) is 21.8. The van der Waals surface area contributed by atoms with E-state index in [4.69, 9.17) is 14.7 Å². The van der Waals surface area contributed by atoms with Gasteiger partial charge < -0.3 is 9.64 Å². The van der Waals surface area contributed by atoms with Gasteiger partial charge in [0.1, 0.15) is 28.8 Å². The number of anilines is 1. The van der Waals surface area contributed by atoms with Crippen LogP contribution in [0.4, 0.5) is 5.82 Å². The molecule has 0 atom stereocenters. The maximum absolute atomic E-state index is 5.91. The van der Waals surface area contributed by atoms with Gasteiger partial charge in [-0.15, -0.1) is 11.3 Å². The predicted octanol–water partition coefficient (Wildman–Crippen LogP) is 5.11. The monoisotopic (exact) mass is 450 g/mol. The summed E-state index contributed by atoms with van der Waals surface area (Å²) in [6, 6.07) is 10.1. The highest BCUT2D eigenvalue weighted by molar-refractivity contribution is 7.19. The predicted molar refractivity (Wildman–Crippen MR) is 133 cm³/mol. The summed E-state index contributed by atoms with van der Waals surface area (Å²) in [6.07, 6.45) is 8.34. The van der Waals surface area contributed by atoms with Gasteiger partial charge in [-0.1, -0.05) is 31.5 Å². The number of unbranched alkanes of at least 4 members (excludes halogenated alkanes) is 1. The van der Waals surface area contributed by atoms with Gasteiger partial charge in [0.15, 0.2) is 0 Å². The molecule has 170 valence electrons. The van der Waals surface area contributed by atoms with Crippen LogP contribution in [-0.4, -0.2) is 54.2 Å². The molecule has 0 bridgehead atoms. The van der Waals surface area contributed by atoms with Crippen LogP contribution in [0.15, 0.2) is 30.3 Å². The minimum atomic E-state index is 0.737. The molecule has 0 unspecified atom stereocenters. The van der Waals surface area contributed by atoms with Crippen molar-refractivity contribution in [2.75, 3.05) is 44.2 Å². The van der Waals surface area contributed by atoms with Crippen molar-refractivity contribution in [3.63, 3.8) is 0 Å². The van der Waals surface area contributed by atoms with Crippen molar-refractivity contribution in [3.05, 3.63) is 46.6 Å². The Balaban J connectivity index is 1.29. The molecule has 3 heterocycles. The second-order valence-corrected chi connectivity index (χ2v) is 10.0. The van der Waals surface area contributed by atoms with Crippen LogP contribution in [0.25, 0.3) is 10.2 Å². The molecule has 1 fully saturated rings. The molecule has 32 heavy (non-hydrogen) atoms. The van der Waals surface area contributed by atoms with Crippen molar-refractivity contribution >= 4 is 27.4 Å². The van der Waals surface area contributed by atoms with E-state index in [0.29, 0.717) is 0 Å². The number of aromatic nitrogens is 2. The van der Waals surface area contributed by atoms with Gasteiger partial charge >= 0.3 is 0 Å². The van der Waals surface area contributed by atoms with Gasteiger partial charge in [-0.25, -0.2) is 9.97 Å². The average Bonchev–Trinajstić information content (AvgIpc) is 3.22. The zero-order valence-electron chi connectivity index (χ0n) is 19.2. The molecule has 1 aliphatic carbocycles. The van der Waals surface area contributed by atoms with Gasteiger partial charge in [-0.05, 0) is 49.8 Å². The molecule has 6 heteroatoms. The number of benzene rings is 1. The number of fused-ring (bicyclic) bond motifs is 3. The molecule has 0 radical (unpaired) electrons. The Morgan fingerprint density at radius 3 is 2.62 bits per heavy atom. The Labute approximate surface area is 195 Å². The molecular weight excluding hydrogens is 416 g/mol. The number of para-hydroxylation sites is 1. The number of aryl methyl sites for hydroxylation is 3. The minimum Gasteiger partial charge on any atom is -0.492 e. The van der Waals surface area contributed by atoms with Crippen LogP contribution < -0.4 is 9.64 Å². The largest absolute Gasteiger partial charge is 0.492 e. The van der Waals surface area contributed by atoms with Crippen molar-refractivity contribution in [1.82, 2.24) is 14.9 Å². The second kappa shape index (κ2) is 10.2. The fourth-order valence-electron chi connectivity index (χ4n) is 4.85. The van der Waals surface area contributed by atoms with Crippen LogP contribution in [0.2, 0.25) is 0 Å². The standard InChI is InChI=1S/C26H34N4OS/c1-2-3-13-23-27-25(24-21-11-7-8-12-22(21)32-26(24)28-23)30-16-14-29(15-17-30)18-19-31-20-9-5-4-6-10-20/h4-6,9-10H,2-3,7-8,11-19H2,1H3. The van der Waals surface area contributed by atoms with Gasteiger partial charge in [-0.2, -0.15) is 0 Å². The third kappa shape index (κ3) is 4.76. The second-order valence-electron chi connectivity index (χ2n) is 8.95. The average molecular weight is 451 g/mol. The Morgan fingerprint density at radius 1 is 1.00 bits per heavy atom. The molecule has 1 saturated heterocycles. The van der Waals surface area contributed by atoms with Crippen molar-refractivity contribution in [3.8, 4) is 5.75 Å². The Bertz CT molecular complexity index is 1030. The third-order valence-electron chi connectivity index (χ3n) is 6.69. The first-order valence-electron chi connectivity index (χ1n) is 12.3. The summed E-state index contributed by atoms with van der Waals surface area (Å²) >= 11 is 1.93. The summed E-state index contributed by atoms with van der Waals surface area (Å²) in [5.74, 6) is 3.20. The van der Waals surface area contributed by atoms with E-state index < -0.39 is 0 Å². The summed E-state index contributed by atoms with van der Waals surface area (Å²) in [7, 11) is 0. The lowest BCUT2D eigenvalue weighted by Crippen LogP contribution is -2.48. The quantitative estimate of drug-likeness (QED) is 0.477. The maximum atomic E-state index is 5.91. The number of hydrogen-bond donors (Lipinski definition) is 0. The molecule has 5 rings (SSSR count). The Hall–Kier alpha value is -2.18. The third-order valence-corrected chi connectivity index (χ3v) is 7.87. The normalized spacial score (nSPS) is 17.0. The molecule has 0 spiro atoms. The van der Waals surface area contributed by atoms with Gasteiger partial charge in [-0.3, -0.25) is 4.90 Å². The fourth-order valence-corrected chi connectivity index (χ4v) is 6.12. The van der Waals surface area contributed by atoms with E-state index in [9.17, 15) is 0 Å². The summed E-state index contributed by atoms with van der Waals surface area (Å²) in [6.45, 7) is 8.10. The van der Waals surface area contributed by atoms with Crippen LogP contribution in [-0.2, 0) is 19.3 Å². The minimum absolute atomic E-state index is 0.737. The number of piperazine rings is 1. The molecule has 0 amide bonds. The van der Waals surface area contributed by atoms with Crippen molar-refractivity contribution in [1.29, 1.82) is 0 Å². The van der Waals surface area contributed by atoms with E-state index >= 15 is 0 Å². The molecule has 2 aliphatic rings. The summed E-state index contributed by atoms with van der Waals surface area (Å²) in [5.41, 5.74) is 1.55. The lowest BCUT2D eigenvalue weighted by molar-refractivity contribution is 0.200. The highest BCUT2D eigenvalue weighted by Gasteiger charge is 2.26. The highest BCUT2D eigenvalue weighted by atomic mass is 32.1. The molecule has 0 saturated carbocycles. The van der Waals surface area contributed by atoms with Crippen LogP contribution in [0, 0.1) is 0 Å². The van der Waals surface area contributed by atoms with Crippen LogP contribution >= 0.6 is 11.3 Å². The van der Waals surface area contributed by atoms with E-state index in [1.165, 1.54) is 48.1 Å². The lowest BCUT2D eigenvalue weighted by Gasteiger charge is -2.35. The Morgan fingerprint density at radius 2 is 1.81 bits per heavy atom. The van der Waals surface area contributed by atoms with Gasteiger partial charge in [0.05, 0.1) is 5.39 Å². The van der Waals surface area contributed by atoms with Gasteiger partial charge in [0, 0.05) is 44.0 Å². The summed E-state index contributed by atoms with van der Waals surface area (Å²) in [5, 5.41) is 1.37. The fraction of sp³-hybridized carbons (Fsp3) is 0.538. The van der Waals surface area contributed by atoms with E-state index in [-0.39, 0.29) is 0 Å². The number of hydrogen-bond acceptors (Lipinski definition) is 6. The van der Waals surface area contributed by atoms with Crippen LogP contribution in [0.3, 0.4) is 0 Å². The van der Waals surface area contributed by atoms with E-state index in [0.717, 1.165) is 63.7 Å². The molecule has 1 aromatic carbocycles. The maximum Gasteiger partial charge on any atom is 0.141 e.